The molecule has 0 fully saturated rings. The van der Waals surface area contributed by atoms with Crippen LogP contribution in [0.3, 0.4) is 0 Å². The van der Waals surface area contributed by atoms with Gasteiger partial charge in [0.25, 0.3) is 0 Å². The molecular weight excluding hydrogens is 402 g/mol. The van der Waals surface area contributed by atoms with E-state index in [1.54, 1.807) is 13.4 Å². The average molecular weight is 432 g/mol. The van der Waals surface area contributed by atoms with Gasteiger partial charge in [-0.2, -0.15) is 0 Å². The predicted molar refractivity (Wildman–Crippen MR) is 129 cm³/mol. The second kappa shape index (κ2) is 11.0. The van der Waals surface area contributed by atoms with Crippen molar-refractivity contribution in [2.75, 3.05) is 13.7 Å². The highest BCUT2D eigenvalue weighted by molar-refractivity contribution is 5.96. The summed E-state index contributed by atoms with van der Waals surface area (Å²) in [5.41, 5.74) is 3.92. The molecule has 0 aromatic heterocycles. The largest absolute Gasteiger partial charge is 0.497 e. The van der Waals surface area contributed by atoms with Gasteiger partial charge in [-0.1, -0.05) is 12.1 Å². The lowest BCUT2D eigenvalue weighted by molar-refractivity contribution is 0.339. The maximum absolute atomic E-state index is 6.16. The van der Waals surface area contributed by atoms with Gasteiger partial charge in [0.15, 0.2) is 0 Å². The molecule has 32 heavy (non-hydrogen) atoms. The molecule has 0 N–H and O–H groups in total. The van der Waals surface area contributed by atoms with Gasteiger partial charge in [0.2, 0.25) is 5.90 Å². The van der Waals surface area contributed by atoms with Crippen molar-refractivity contribution in [1.29, 1.82) is 0 Å². The maximum atomic E-state index is 6.16. The van der Waals surface area contributed by atoms with Crippen LogP contribution in [0.25, 0.3) is 0 Å². The first-order valence-corrected chi connectivity index (χ1v) is 10.5. The van der Waals surface area contributed by atoms with E-state index in [9.17, 15) is 0 Å². The summed E-state index contributed by atoms with van der Waals surface area (Å²) in [6, 6.07) is 20.9. The molecule has 0 spiro atoms. The van der Waals surface area contributed by atoms with Crippen LogP contribution < -0.4 is 18.9 Å². The Bertz CT molecular complexity index is 1100. The maximum Gasteiger partial charge on any atom is 0.225 e. The van der Waals surface area contributed by atoms with Gasteiger partial charge in [-0.05, 0) is 87.4 Å². The van der Waals surface area contributed by atoms with E-state index in [4.69, 9.17) is 23.9 Å². The highest BCUT2D eigenvalue weighted by atomic mass is 16.5. The fourth-order valence-electron chi connectivity index (χ4n) is 2.87. The summed E-state index contributed by atoms with van der Waals surface area (Å²) in [4.78, 5) is 4.76. The molecule has 5 heteroatoms. The van der Waals surface area contributed by atoms with Crippen LogP contribution in [0.1, 0.15) is 25.0 Å². The van der Waals surface area contributed by atoms with Gasteiger partial charge in [-0.15, -0.1) is 0 Å². The Morgan fingerprint density at radius 1 is 0.844 bits per heavy atom. The van der Waals surface area contributed by atoms with E-state index in [1.807, 2.05) is 74.5 Å². The van der Waals surface area contributed by atoms with Gasteiger partial charge >= 0.3 is 0 Å². The van der Waals surface area contributed by atoms with Crippen LogP contribution in [-0.4, -0.2) is 19.6 Å². The normalized spacial score (nSPS) is 11.8. The van der Waals surface area contributed by atoms with Crippen LogP contribution in [0.15, 0.2) is 83.6 Å². The van der Waals surface area contributed by atoms with E-state index in [1.165, 1.54) is 11.1 Å². The second-order valence-electron chi connectivity index (χ2n) is 7.29. The number of rotatable bonds is 8. The summed E-state index contributed by atoms with van der Waals surface area (Å²) in [5.74, 6) is 3.28. The lowest BCUT2D eigenvalue weighted by atomic mass is 10.1. The number of hydrogen-bond donors (Lipinski definition) is 0. The summed E-state index contributed by atoms with van der Waals surface area (Å²) in [6.07, 6.45) is 1.63. The van der Waals surface area contributed by atoms with Crippen molar-refractivity contribution in [1.82, 2.24) is 0 Å². The number of ether oxygens (including phenoxy) is 4. The van der Waals surface area contributed by atoms with Crippen molar-refractivity contribution in [3.63, 3.8) is 0 Å². The van der Waals surface area contributed by atoms with Gasteiger partial charge in [0.1, 0.15) is 23.0 Å². The third-order valence-electron chi connectivity index (χ3n) is 4.82. The Labute approximate surface area is 189 Å². The van der Waals surface area contributed by atoms with Crippen LogP contribution in [0.4, 0.5) is 5.69 Å². The molecule has 0 atom stereocenters. The number of aliphatic imine (C=N–C) groups is 1. The van der Waals surface area contributed by atoms with E-state index in [0.717, 1.165) is 22.8 Å². The predicted octanol–water partition coefficient (Wildman–Crippen LogP) is 6.80. The molecule has 5 nitrogen and oxygen atoms in total. The topological polar surface area (TPSA) is 49.3 Å². The first-order chi connectivity index (χ1) is 15.5. The molecule has 0 saturated heterocycles. The van der Waals surface area contributed by atoms with Crippen LogP contribution in [0.5, 0.6) is 23.0 Å². The Kier molecular flexibility index (Phi) is 7.92. The zero-order chi connectivity index (χ0) is 22.9. The van der Waals surface area contributed by atoms with Gasteiger partial charge in [0, 0.05) is 11.6 Å². The molecule has 3 aromatic carbocycles. The van der Waals surface area contributed by atoms with Crippen LogP contribution in [0, 0.1) is 13.8 Å². The minimum Gasteiger partial charge on any atom is -0.497 e. The zero-order valence-corrected chi connectivity index (χ0v) is 19.2. The van der Waals surface area contributed by atoms with Crippen molar-refractivity contribution in [3.8, 4) is 23.0 Å². The molecule has 0 radical (unpaired) electrons. The highest BCUT2D eigenvalue weighted by Crippen LogP contribution is 2.24. The minimum absolute atomic E-state index is 0.440. The summed E-state index contributed by atoms with van der Waals surface area (Å²) >= 11 is 0. The van der Waals surface area contributed by atoms with E-state index >= 15 is 0 Å². The number of nitrogens with zero attached hydrogens (tertiary/aromatic N) is 1. The third kappa shape index (κ3) is 6.38. The van der Waals surface area contributed by atoms with Crippen molar-refractivity contribution >= 4 is 11.6 Å². The molecule has 0 aliphatic heterocycles. The van der Waals surface area contributed by atoms with E-state index in [2.05, 4.69) is 19.9 Å². The molecule has 3 aromatic rings. The fourth-order valence-corrected chi connectivity index (χ4v) is 2.87. The molecule has 0 heterocycles. The third-order valence-corrected chi connectivity index (χ3v) is 4.82. The van der Waals surface area contributed by atoms with E-state index in [-0.39, 0.29) is 0 Å². The summed E-state index contributed by atoms with van der Waals surface area (Å²) in [6.45, 7) is 8.57. The van der Waals surface area contributed by atoms with Crippen molar-refractivity contribution < 1.29 is 18.9 Å². The minimum atomic E-state index is 0.440. The van der Waals surface area contributed by atoms with E-state index < -0.39 is 0 Å². The molecule has 0 amide bonds. The fraction of sp³-hybridized carbons (Fsp3) is 0.222. The standard InChI is InChI=1S/C27H29NO4/c1-6-30-25-8-7-9-26(17-25)32-27(28-22-11-10-19(2)20(3)16-22)21(4)18-31-24-14-12-23(29-5)13-15-24/h7-18H,6H2,1-5H3/b21-18+,28-27+. The van der Waals surface area contributed by atoms with Gasteiger partial charge < -0.3 is 18.9 Å². The lowest BCUT2D eigenvalue weighted by Crippen LogP contribution is -2.11. The lowest BCUT2D eigenvalue weighted by Gasteiger charge is -2.12. The summed E-state index contributed by atoms with van der Waals surface area (Å²) < 4.78 is 22.8. The van der Waals surface area contributed by atoms with Gasteiger partial charge in [-0.3, -0.25) is 0 Å². The van der Waals surface area contributed by atoms with Crippen molar-refractivity contribution in [3.05, 3.63) is 89.7 Å². The first kappa shape index (κ1) is 22.9. The smallest absolute Gasteiger partial charge is 0.225 e. The second-order valence-corrected chi connectivity index (χ2v) is 7.29. The highest BCUT2D eigenvalue weighted by Gasteiger charge is 2.09. The molecule has 0 aliphatic carbocycles. The quantitative estimate of drug-likeness (QED) is 0.223. The monoisotopic (exact) mass is 431 g/mol. The number of benzene rings is 3. The molecule has 166 valence electrons. The molecule has 0 saturated carbocycles. The number of aryl methyl sites for hydroxylation is 2. The SMILES string of the molecule is CCOc1cccc(OC(=N/c2ccc(C)c(C)c2)/C(C)=C/Oc2ccc(OC)cc2)c1. The Balaban J connectivity index is 1.90. The Hall–Kier alpha value is -3.73. The first-order valence-electron chi connectivity index (χ1n) is 10.5. The molecule has 0 bridgehead atoms. The van der Waals surface area contributed by atoms with Crippen molar-refractivity contribution in [2.45, 2.75) is 27.7 Å². The Morgan fingerprint density at radius 2 is 1.56 bits per heavy atom. The molecule has 0 aliphatic rings. The Morgan fingerprint density at radius 3 is 2.25 bits per heavy atom. The van der Waals surface area contributed by atoms with E-state index in [0.29, 0.717) is 24.0 Å². The van der Waals surface area contributed by atoms with Gasteiger partial charge in [-0.25, -0.2) is 4.99 Å². The summed E-state index contributed by atoms with van der Waals surface area (Å²) in [5, 5.41) is 0. The number of hydrogen-bond acceptors (Lipinski definition) is 5. The number of methoxy groups -OCH3 is 1. The van der Waals surface area contributed by atoms with Gasteiger partial charge in [0.05, 0.1) is 25.7 Å². The van der Waals surface area contributed by atoms with Crippen LogP contribution in [-0.2, 0) is 0 Å². The van der Waals surface area contributed by atoms with Crippen LogP contribution >= 0.6 is 0 Å². The molecule has 0 unspecified atom stereocenters. The molecule has 3 rings (SSSR count). The summed E-state index contributed by atoms with van der Waals surface area (Å²) in [7, 11) is 1.63. The van der Waals surface area contributed by atoms with Crippen molar-refractivity contribution in [2.24, 2.45) is 4.99 Å². The van der Waals surface area contributed by atoms with Crippen LogP contribution in [0.2, 0.25) is 0 Å². The molecular formula is C27H29NO4. The average Bonchev–Trinajstić information content (AvgIpc) is 2.80. The zero-order valence-electron chi connectivity index (χ0n) is 19.2.